The van der Waals surface area contributed by atoms with Gasteiger partial charge in [-0.3, -0.25) is 4.90 Å². The Morgan fingerprint density at radius 3 is 2.63 bits per heavy atom. The zero-order valence-corrected chi connectivity index (χ0v) is 20.4. The van der Waals surface area contributed by atoms with Crippen LogP contribution in [-0.2, 0) is 11.3 Å². The number of thiophene rings is 1. The predicted molar refractivity (Wildman–Crippen MR) is 129 cm³/mol. The average Bonchev–Trinajstić information content (AvgIpc) is 3.15. The van der Waals surface area contributed by atoms with E-state index in [0.717, 1.165) is 38.4 Å². The van der Waals surface area contributed by atoms with Gasteiger partial charge in [-0.05, 0) is 44.2 Å². The van der Waals surface area contributed by atoms with Crippen LogP contribution < -0.4 is 10.6 Å². The summed E-state index contributed by atoms with van der Waals surface area (Å²) in [6.45, 7) is 8.71. The highest BCUT2D eigenvalue weighted by atomic mass is 127. The van der Waals surface area contributed by atoms with Gasteiger partial charge >= 0.3 is 0 Å². The Balaban J connectivity index is 0.00000320. The minimum atomic E-state index is -0.463. The molecule has 1 aromatic heterocycles. The van der Waals surface area contributed by atoms with Crippen molar-refractivity contribution in [3.63, 3.8) is 0 Å². The van der Waals surface area contributed by atoms with Gasteiger partial charge in [0.05, 0.1) is 25.8 Å². The van der Waals surface area contributed by atoms with Crippen LogP contribution in [-0.4, -0.2) is 50.3 Å². The lowest BCUT2D eigenvalue weighted by molar-refractivity contribution is 0.0177. The maximum atomic E-state index is 13.9. The second kappa shape index (κ2) is 12.5. The molecule has 0 spiro atoms. The Labute approximate surface area is 197 Å². The summed E-state index contributed by atoms with van der Waals surface area (Å²) < 4.78 is 32.8. The van der Waals surface area contributed by atoms with Crippen molar-refractivity contribution in [2.24, 2.45) is 4.99 Å². The third-order valence-electron chi connectivity index (χ3n) is 4.80. The predicted octanol–water partition coefficient (Wildman–Crippen LogP) is 4.08. The first kappa shape index (κ1) is 25.0. The third kappa shape index (κ3) is 7.14. The molecule has 9 heteroatoms. The molecular weight excluding hydrogens is 521 g/mol. The number of ether oxygens (including phenoxy) is 1. The number of aryl methyl sites for hydroxylation is 1. The highest BCUT2D eigenvalue weighted by Gasteiger charge is 2.24. The number of hydrogen-bond donors (Lipinski definition) is 2. The summed E-state index contributed by atoms with van der Waals surface area (Å²) in [7, 11) is 0. The van der Waals surface area contributed by atoms with E-state index in [9.17, 15) is 8.78 Å². The molecule has 3 rings (SSSR count). The van der Waals surface area contributed by atoms with Crippen molar-refractivity contribution in [1.82, 2.24) is 15.5 Å². The van der Waals surface area contributed by atoms with Crippen molar-refractivity contribution in [1.29, 1.82) is 0 Å². The number of hydrogen-bond acceptors (Lipinski definition) is 4. The van der Waals surface area contributed by atoms with E-state index in [1.54, 1.807) is 11.3 Å². The second-order valence-corrected chi connectivity index (χ2v) is 8.24. The fourth-order valence-corrected chi connectivity index (χ4v) is 4.31. The third-order valence-corrected chi connectivity index (χ3v) is 5.90. The van der Waals surface area contributed by atoms with Crippen LogP contribution in [0, 0.1) is 18.6 Å². The Kier molecular flexibility index (Phi) is 10.4. The van der Waals surface area contributed by atoms with Crippen molar-refractivity contribution in [2.45, 2.75) is 26.4 Å². The molecule has 0 radical (unpaired) electrons. The van der Waals surface area contributed by atoms with E-state index in [1.807, 2.05) is 6.92 Å². The smallest absolute Gasteiger partial charge is 0.191 e. The molecule has 30 heavy (non-hydrogen) atoms. The molecular formula is C21H29F2IN4OS. The summed E-state index contributed by atoms with van der Waals surface area (Å²) >= 11 is 1.79. The molecule has 1 unspecified atom stereocenters. The Morgan fingerprint density at radius 1 is 1.20 bits per heavy atom. The topological polar surface area (TPSA) is 48.9 Å². The van der Waals surface area contributed by atoms with E-state index >= 15 is 0 Å². The maximum absolute atomic E-state index is 13.9. The summed E-state index contributed by atoms with van der Waals surface area (Å²) in [5.74, 6) is -0.330. The first-order chi connectivity index (χ1) is 14.1. The Bertz CT molecular complexity index is 827. The minimum absolute atomic E-state index is 0. The summed E-state index contributed by atoms with van der Waals surface area (Å²) in [6, 6.07) is 7.95. The van der Waals surface area contributed by atoms with E-state index in [-0.39, 0.29) is 42.1 Å². The van der Waals surface area contributed by atoms with Crippen molar-refractivity contribution >= 4 is 41.3 Å². The SMILES string of the molecule is CCNC(=NCc1cc(F)ccc1F)NCC(c1ccc(C)s1)N1CCOCC1.I. The highest BCUT2D eigenvalue weighted by Crippen LogP contribution is 2.27. The monoisotopic (exact) mass is 550 g/mol. The molecule has 0 bridgehead atoms. The summed E-state index contributed by atoms with van der Waals surface area (Å²) in [6.07, 6.45) is 0. The first-order valence-corrected chi connectivity index (χ1v) is 10.7. The van der Waals surface area contributed by atoms with Crippen LogP contribution in [0.3, 0.4) is 0 Å². The number of aliphatic imine (C=N–C) groups is 1. The molecule has 1 aromatic carbocycles. The summed E-state index contributed by atoms with van der Waals surface area (Å²) in [4.78, 5) is 9.44. The van der Waals surface area contributed by atoms with Crippen molar-refractivity contribution in [3.8, 4) is 0 Å². The van der Waals surface area contributed by atoms with Gasteiger partial charge in [0.15, 0.2) is 5.96 Å². The second-order valence-electron chi connectivity index (χ2n) is 6.92. The fourth-order valence-electron chi connectivity index (χ4n) is 3.30. The minimum Gasteiger partial charge on any atom is -0.379 e. The maximum Gasteiger partial charge on any atom is 0.191 e. The molecule has 2 aromatic rings. The van der Waals surface area contributed by atoms with E-state index in [0.29, 0.717) is 19.0 Å². The lowest BCUT2D eigenvalue weighted by Gasteiger charge is -2.34. The Hall–Kier alpha value is -1.30. The van der Waals surface area contributed by atoms with Gasteiger partial charge in [0.25, 0.3) is 0 Å². The van der Waals surface area contributed by atoms with Gasteiger partial charge in [0, 0.05) is 41.5 Å². The number of benzene rings is 1. The Morgan fingerprint density at radius 2 is 1.97 bits per heavy atom. The zero-order valence-electron chi connectivity index (χ0n) is 17.3. The number of rotatable bonds is 7. The van der Waals surface area contributed by atoms with Gasteiger partial charge in [-0.25, -0.2) is 13.8 Å². The van der Waals surface area contributed by atoms with E-state index in [2.05, 4.69) is 39.6 Å². The lowest BCUT2D eigenvalue weighted by atomic mass is 10.2. The molecule has 0 aliphatic carbocycles. The van der Waals surface area contributed by atoms with Gasteiger partial charge < -0.3 is 15.4 Å². The van der Waals surface area contributed by atoms with Crippen LogP contribution in [0.2, 0.25) is 0 Å². The average molecular weight is 550 g/mol. The van der Waals surface area contributed by atoms with Crippen LogP contribution in [0.1, 0.15) is 28.3 Å². The van der Waals surface area contributed by atoms with Crippen molar-refractivity contribution in [2.75, 3.05) is 39.4 Å². The normalized spacial score (nSPS) is 16.1. The van der Waals surface area contributed by atoms with Crippen LogP contribution in [0.25, 0.3) is 0 Å². The quantitative estimate of drug-likeness (QED) is 0.310. The van der Waals surface area contributed by atoms with Crippen LogP contribution >= 0.6 is 35.3 Å². The van der Waals surface area contributed by atoms with Crippen LogP contribution in [0.4, 0.5) is 8.78 Å². The van der Waals surface area contributed by atoms with Gasteiger partial charge in [0.2, 0.25) is 0 Å². The molecule has 1 aliphatic heterocycles. The molecule has 0 saturated carbocycles. The van der Waals surface area contributed by atoms with E-state index in [4.69, 9.17) is 4.74 Å². The number of halogens is 3. The van der Waals surface area contributed by atoms with Crippen LogP contribution in [0.5, 0.6) is 0 Å². The molecule has 1 atom stereocenters. The van der Waals surface area contributed by atoms with Crippen molar-refractivity contribution < 1.29 is 13.5 Å². The van der Waals surface area contributed by atoms with Crippen LogP contribution in [0.15, 0.2) is 35.3 Å². The van der Waals surface area contributed by atoms with Gasteiger partial charge in [-0.1, -0.05) is 0 Å². The number of nitrogens with zero attached hydrogens (tertiary/aromatic N) is 2. The van der Waals surface area contributed by atoms with Gasteiger partial charge in [-0.15, -0.1) is 35.3 Å². The molecule has 2 N–H and O–H groups in total. The van der Waals surface area contributed by atoms with E-state index in [1.165, 1.54) is 15.8 Å². The fraction of sp³-hybridized carbons (Fsp3) is 0.476. The highest BCUT2D eigenvalue weighted by molar-refractivity contribution is 14.0. The largest absolute Gasteiger partial charge is 0.379 e. The van der Waals surface area contributed by atoms with Gasteiger partial charge in [0.1, 0.15) is 11.6 Å². The lowest BCUT2D eigenvalue weighted by Crippen LogP contribution is -2.46. The first-order valence-electron chi connectivity index (χ1n) is 9.91. The van der Waals surface area contributed by atoms with Crippen molar-refractivity contribution in [3.05, 3.63) is 57.3 Å². The number of morpholine rings is 1. The van der Waals surface area contributed by atoms with E-state index < -0.39 is 11.6 Å². The summed E-state index contributed by atoms with van der Waals surface area (Å²) in [5, 5.41) is 6.56. The molecule has 1 aliphatic rings. The van der Waals surface area contributed by atoms with Gasteiger partial charge in [-0.2, -0.15) is 0 Å². The standard InChI is InChI=1S/C21H28F2N4OS.HI/c1-3-24-21(25-13-16-12-17(22)5-6-18(16)23)26-14-19(20-7-4-15(2)29-20)27-8-10-28-11-9-27;/h4-7,12,19H,3,8-11,13-14H2,1-2H3,(H2,24,25,26);1H. The molecule has 5 nitrogen and oxygen atoms in total. The number of nitrogens with one attached hydrogen (secondary N) is 2. The molecule has 1 fully saturated rings. The summed E-state index contributed by atoms with van der Waals surface area (Å²) in [5.41, 5.74) is 0.237. The zero-order chi connectivity index (χ0) is 20.6. The molecule has 2 heterocycles. The molecule has 166 valence electrons. The molecule has 0 amide bonds. The number of guanidine groups is 1. The molecule has 1 saturated heterocycles.